The van der Waals surface area contributed by atoms with Gasteiger partial charge in [0.15, 0.2) is 5.78 Å². The van der Waals surface area contributed by atoms with Crippen molar-refractivity contribution < 1.29 is 14.3 Å². The number of methoxy groups -OCH3 is 1. The molecule has 0 aromatic heterocycles. The zero-order valence-electron chi connectivity index (χ0n) is 25.1. The normalized spacial score (nSPS) is 15.1. The first-order valence-corrected chi connectivity index (χ1v) is 13.7. The first-order chi connectivity index (χ1) is 18.9. The van der Waals surface area contributed by atoms with E-state index in [1.54, 1.807) is 25.1 Å². The summed E-state index contributed by atoms with van der Waals surface area (Å²) in [7, 11) is 7.01. The average Bonchev–Trinajstić information content (AvgIpc) is 3.24. The van der Waals surface area contributed by atoms with Gasteiger partial charge in [-0.1, -0.05) is 20.8 Å². The molecule has 2 aliphatic rings. The Bertz CT molecular complexity index is 1380. The molecule has 0 radical (unpaired) electrons. The molecule has 4 rings (SSSR count). The minimum Gasteiger partial charge on any atom is -0.494 e. The van der Waals surface area contributed by atoms with Gasteiger partial charge in [-0.15, -0.1) is 17.0 Å². The van der Waals surface area contributed by atoms with Crippen LogP contribution in [-0.2, 0) is 12.0 Å². The van der Waals surface area contributed by atoms with E-state index in [0.717, 1.165) is 54.2 Å². The summed E-state index contributed by atoms with van der Waals surface area (Å²) in [5, 5.41) is 20.9. The van der Waals surface area contributed by atoms with E-state index in [1.165, 1.54) is 0 Å². The van der Waals surface area contributed by atoms with Crippen molar-refractivity contribution in [2.24, 2.45) is 5.92 Å². The van der Waals surface area contributed by atoms with Crippen molar-refractivity contribution in [3.05, 3.63) is 52.1 Å². The fourth-order valence-corrected chi connectivity index (χ4v) is 5.55. The maximum Gasteiger partial charge on any atom is 0.253 e. The van der Waals surface area contributed by atoms with Crippen LogP contribution in [0, 0.1) is 22.7 Å². The van der Waals surface area contributed by atoms with Gasteiger partial charge in [0, 0.05) is 69.1 Å². The van der Waals surface area contributed by atoms with Gasteiger partial charge in [0.25, 0.3) is 5.91 Å². The van der Waals surface area contributed by atoms with Gasteiger partial charge in [-0.2, -0.15) is 5.26 Å². The first kappa shape index (κ1) is 31.9. The van der Waals surface area contributed by atoms with Crippen LogP contribution >= 0.6 is 17.0 Å². The van der Waals surface area contributed by atoms with Crippen LogP contribution in [0.25, 0.3) is 0 Å². The molecular formula is C31H41BrN6O3. The first-order valence-electron chi connectivity index (χ1n) is 13.7. The highest BCUT2D eigenvalue weighted by Gasteiger charge is 2.32. The lowest BCUT2D eigenvalue weighted by Crippen LogP contribution is -2.34. The number of amides is 1. The molecular weight excluding hydrogens is 584 g/mol. The Morgan fingerprint density at radius 2 is 1.83 bits per heavy atom. The maximum absolute atomic E-state index is 13.8. The quantitative estimate of drug-likeness (QED) is 0.427. The number of ketones is 1. The number of carbonyl (C=O) groups excluding carboxylic acids is 2. The van der Waals surface area contributed by atoms with E-state index >= 15 is 0 Å². The van der Waals surface area contributed by atoms with Gasteiger partial charge in [-0.05, 0) is 48.1 Å². The number of nitrogens with zero attached hydrogens (tertiary/aromatic N) is 4. The van der Waals surface area contributed by atoms with Gasteiger partial charge in [-0.3, -0.25) is 15.0 Å². The second kappa shape index (κ2) is 12.5. The summed E-state index contributed by atoms with van der Waals surface area (Å²) in [5.41, 5.74) is 4.99. The van der Waals surface area contributed by atoms with E-state index in [2.05, 4.69) is 37.1 Å². The van der Waals surface area contributed by atoms with Crippen molar-refractivity contribution >= 4 is 45.9 Å². The number of ether oxygens (including phenoxy) is 1. The molecule has 0 atom stereocenters. The van der Waals surface area contributed by atoms with Crippen molar-refractivity contribution in [3.63, 3.8) is 0 Å². The Morgan fingerprint density at radius 3 is 2.37 bits per heavy atom. The van der Waals surface area contributed by atoms with Crippen LogP contribution in [0.5, 0.6) is 5.75 Å². The highest BCUT2D eigenvalue weighted by Crippen LogP contribution is 2.41. The molecule has 2 N–H and O–H groups in total. The Labute approximate surface area is 253 Å². The molecule has 9 nitrogen and oxygen atoms in total. The van der Waals surface area contributed by atoms with E-state index in [4.69, 9.17) is 10.1 Å². The third kappa shape index (κ3) is 6.35. The molecule has 2 aromatic carbocycles. The maximum atomic E-state index is 13.8. The summed E-state index contributed by atoms with van der Waals surface area (Å²) in [5.74, 6) is 0.751. The number of carbonyl (C=O) groups is 2. The van der Waals surface area contributed by atoms with Gasteiger partial charge in [0.05, 0.1) is 31.0 Å². The molecule has 2 aromatic rings. The van der Waals surface area contributed by atoms with Crippen molar-refractivity contribution in [3.8, 4) is 11.8 Å². The molecule has 220 valence electrons. The van der Waals surface area contributed by atoms with Crippen LogP contribution in [-0.4, -0.2) is 70.3 Å². The van der Waals surface area contributed by atoms with Gasteiger partial charge in [0.2, 0.25) is 0 Å². The minimum atomic E-state index is -0.267. The third-order valence-corrected chi connectivity index (χ3v) is 7.86. The van der Waals surface area contributed by atoms with Gasteiger partial charge in [0.1, 0.15) is 11.6 Å². The molecule has 10 heteroatoms. The van der Waals surface area contributed by atoms with Crippen molar-refractivity contribution in [1.29, 1.82) is 10.7 Å². The molecule has 0 unspecified atom stereocenters. The van der Waals surface area contributed by atoms with Gasteiger partial charge >= 0.3 is 0 Å². The summed E-state index contributed by atoms with van der Waals surface area (Å²) in [6.07, 6.45) is 1.55. The van der Waals surface area contributed by atoms with Crippen LogP contribution in [0.1, 0.15) is 71.0 Å². The monoisotopic (exact) mass is 624 g/mol. The summed E-state index contributed by atoms with van der Waals surface area (Å²) in [6.45, 7) is 8.23. The number of rotatable bonds is 7. The Hall–Kier alpha value is -3.58. The zero-order chi connectivity index (χ0) is 29.4. The molecule has 0 saturated carbocycles. The average molecular weight is 626 g/mol. The van der Waals surface area contributed by atoms with E-state index in [9.17, 15) is 14.9 Å². The van der Waals surface area contributed by atoms with Gasteiger partial charge < -0.3 is 24.8 Å². The summed E-state index contributed by atoms with van der Waals surface area (Å²) >= 11 is 0. The Balaban J connectivity index is 0.00000462. The highest BCUT2D eigenvalue weighted by atomic mass is 79.9. The standard InChI is InChI=1S/C31H40N6O3.BrH/c1-31(2,3)24-12-20(13-26(28(24)40-7)36-10-8-19(16-32)9-11-36)27(38)18-37-17-21-14-25(35(5)6)23(30(39)34-4)15-22(21)29(37)33;/h12-15,19,33H,8-11,17-18H2,1-7H3,(H,34,39);1H. The smallest absolute Gasteiger partial charge is 0.253 e. The van der Waals surface area contributed by atoms with Gasteiger partial charge in [-0.25, -0.2) is 0 Å². The molecule has 2 heterocycles. The van der Waals surface area contributed by atoms with Crippen LogP contribution in [0.2, 0.25) is 0 Å². The predicted octanol–water partition coefficient (Wildman–Crippen LogP) is 4.76. The molecule has 1 saturated heterocycles. The van der Waals surface area contributed by atoms with Crippen LogP contribution in [0.4, 0.5) is 11.4 Å². The summed E-state index contributed by atoms with van der Waals surface area (Å²) in [4.78, 5) is 32.2. The lowest BCUT2D eigenvalue weighted by molar-refractivity contribution is 0.0955. The zero-order valence-corrected chi connectivity index (χ0v) is 26.8. The van der Waals surface area contributed by atoms with Crippen LogP contribution < -0.4 is 19.9 Å². The number of anilines is 2. The highest BCUT2D eigenvalue weighted by molar-refractivity contribution is 8.93. The Kier molecular flexibility index (Phi) is 9.75. The fraction of sp³-hybridized carbons (Fsp3) is 0.484. The molecule has 41 heavy (non-hydrogen) atoms. The van der Waals surface area contributed by atoms with Crippen LogP contribution in [0.3, 0.4) is 0 Å². The third-order valence-electron chi connectivity index (χ3n) is 7.86. The van der Waals surface area contributed by atoms with Crippen molar-refractivity contribution in [2.45, 2.75) is 45.6 Å². The lowest BCUT2D eigenvalue weighted by Gasteiger charge is -2.34. The summed E-state index contributed by atoms with van der Waals surface area (Å²) in [6, 6.07) is 9.90. The number of amidine groups is 1. The molecule has 1 fully saturated rings. The number of hydrogen-bond acceptors (Lipinski definition) is 7. The van der Waals surface area contributed by atoms with E-state index in [1.807, 2.05) is 37.2 Å². The predicted molar refractivity (Wildman–Crippen MR) is 168 cm³/mol. The number of fused-ring (bicyclic) bond motifs is 1. The van der Waals surface area contributed by atoms with Crippen LogP contribution in [0.15, 0.2) is 24.3 Å². The van der Waals surface area contributed by atoms with E-state index < -0.39 is 0 Å². The number of Topliss-reactive ketones (excluding diaryl/α,β-unsaturated/α-hetero) is 1. The number of piperidine rings is 1. The number of hydrogen-bond donors (Lipinski definition) is 2. The molecule has 0 bridgehead atoms. The summed E-state index contributed by atoms with van der Waals surface area (Å²) < 4.78 is 5.91. The lowest BCUT2D eigenvalue weighted by atomic mass is 9.84. The largest absolute Gasteiger partial charge is 0.494 e. The molecule has 1 amide bonds. The minimum absolute atomic E-state index is 0. The number of halogens is 1. The second-order valence-corrected chi connectivity index (χ2v) is 11.8. The van der Waals surface area contributed by atoms with E-state index in [-0.39, 0.29) is 52.4 Å². The fourth-order valence-electron chi connectivity index (χ4n) is 5.55. The molecule has 0 spiro atoms. The Morgan fingerprint density at radius 1 is 1.17 bits per heavy atom. The molecule has 2 aliphatic heterocycles. The number of nitriles is 1. The van der Waals surface area contributed by atoms with Crippen molar-refractivity contribution in [2.75, 3.05) is 57.7 Å². The topological polar surface area (TPSA) is 113 Å². The SMILES string of the molecule is Br.CNC(=O)c1cc2c(cc1N(C)C)CN(CC(=O)c1cc(N3CCC(C#N)CC3)c(OC)c(C(C)(C)C)c1)C2=N. The second-order valence-electron chi connectivity index (χ2n) is 11.8. The number of nitrogens with one attached hydrogen (secondary N) is 2. The van der Waals surface area contributed by atoms with Crippen molar-refractivity contribution in [1.82, 2.24) is 10.2 Å². The number of benzene rings is 2. The van der Waals surface area contributed by atoms with E-state index in [0.29, 0.717) is 23.2 Å². The molecule has 0 aliphatic carbocycles.